The Hall–Kier alpha value is -1.61. The SMILES string of the molecule is CC1(C)C2CCC1(CS(=O)(=O)O)C(=O)C2.CC1(C)C2CCC1(CS(=O)(=O)O)C(=O)C2.COC(=O)C(c1ccccc1Cl)N1CCc2sccc2C1.COC(=O)C(c1ccccc1Cl)N1CCc2sccc2C1.COC(=O)C(c1ccccc1Cl)N1CCc2sccc2C1.COC(=O)[C@H](c1ccccc1Cl)N1CCc2sccc2C1.II.[I][V][I].[V].[V]. The van der Waals surface area contributed by atoms with E-state index in [1.54, 1.807) is 45.3 Å². The smallest absolute Gasteiger partial charge is 0 e. The molecule has 8 aliphatic rings. The number of benzene rings is 4. The van der Waals surface area contributed by atoms with Crippen molar-refractivity contribution in [1.29, 1.82) is 0 Å². The number of ether oxygens (including phenoxy) is 4. The van der Waals surface area contributed by atoms with E-state index in [9.17, 15) is 45.6 Å². The van der Waals surface area contributed by atoms with Crippen molar-refractivity contribution in [2.75, 3.05) is 66.1 Å². The molecule has 4 aromatic carbocycles. The zero-order valence-electron chi connectivity index (χ0n) is 67.7. The molecule has 8 aromatic rings. The van der Waals surface area contributed by atoms with E-state index in [2.05, 4.69) is 143 Å². The molecule has 4 saturated carbocycles. The zero-order valence-corrected chi connectivity index (χ0v) is 88.4. The van der Waals surface area contributed by atoms with Gasteiger partial charge in [-0.25, -0.2) is 19.2 Å². The minimum absolute atomic E-state index is 0. The number of hydrogen-bond donors (Lipinski definition) is 2. The molecule has 8 atom stereocenters. The Morgan fingerprint density at radius 1 is 0.438 bits per heavy atom. The maximum Gasteiger partial charge on any atom is 0 e. The molecule has 655 valence electrons. The second-order valence-electron chi connectivity index (χ2n) is 31.0. The molecule has 4 aromatic heterocycles. The number of hydrogen-bond acceptors (Lipinski definition) is 22. The molecule has 0 saturated heterocycles. The van der Waals surface area contributed by atoms with E-state index < -0.39 is 66.7 Å². The number of Topliss-reactive ketones (excluding diaryl/α,β-unsaturated/α-hetero) is 2. The minimum Gasteiger partial charge on any atom is 0 e. The standard InChI is InChI=1S/4C16H16ClNO2S.2C10H16O4S.I2.2HI.3V/c4*1-20-16(19)15(12-4-2-3-5-13(12)17)18-8-6-14-11(10-18)7-9-21-14;2*1-9(2)7-3-4-10(9,8(11)5-7)6-15(12,13)14;1-2;;;;;/h4*2-5,7,9,15H,6,8,10H2,1H3;2*7H,3-6H2,1-2H3,(H,12,13,14);;2*1H;;;/q;;;;;;;;;;;+2/p-2/t15-;;;;;;;;;;;/m0.........../s1. The molecule has 37 heteroatoms. The van der Waals surface area contributed by atoms with Crippen LogP contribution in [0.25, 0.3) is 0 Å². The van der Waals surface area contributed by atoms with Crippen molar-refractivity contribution in [2.24, 2.45) is 33.5 Å². The number of esters is 4. The topological polar surface area (TPSA) is 261 Å². The summed E-state index contributed by atoms with van der Waals surface area (Å²) in [5.41, 5.74) is 6.19. The van der Waals surface area contributed by atoms with Gasteiger partial charge in [0.1, 0.15) is 35.7 Å². The van der Waals surface area contributed by atoms with E-state index in [0.717, 1.165) is 113 Å². The quantitative estimate of drug-likeness (QED) is 0.0394. The number of carbonyl (C=O) groups excluding carboxylic acids is 6. The first-order valence-electron chi connectivity index (χ1n) is 38.1. The molecule has 2 N–H and O–H groups in total. The predicted octanol–water partition coefficient (Wildman–Crippen LogP) is 20.8. The fourth-order valence-electron chi connectivity index (χ4n) is 17.9. The summed E-state index contributed by atoms with van der Waals surface area (Å²) in [7, 11) is -1.83. The van der Waals surface area contributed by atoms with Crippen molar-refractivity contribution in [3.05, 3.63) is 227 Å². The van der Waals surface area contributed by atoms with Crippen LogP contribution in [0.5, 0.6) is 0 Å². The van der Waals surface area contributed by atoms with Crippen molar-refractivity contribution < 1.29 is 120 Å². The molecule has 8 heterocycles. The minimum atomic E-state index is -4.08. The van der Waals surface area contributed by atoms with Crippen LogP contribution in [0.3, 0.4) is 0 Å². The average molecular weight is 2410 g/mol. The van der Waals surface area contributed by atoms with Crippen LogP contribution in [0.4, 0.5) is 0 Å². The van der Waals surface area contributed by atoms with Crippen molar-refractivity contribution >= 4 is 225 Å². The van der Waals surface area contributed by atoms with Gasteiger partial charge in [-0.1, -0.05) is 147 Å². The third kappa shape index (κ3) is 26.0. The summed E-state index contributed by atoms with van der Waals surface area (Å²) < 4.78 is 82.0. The van der Waals surface area contributed by atoms with Crippen molar-refractivity contribution in [3.8, 4) is 0 Å². The Labute approximate surface area is 822 Å². The van der Waals surface area contributed by atoms with E-state index >= 15 is 0 Å². The van der Waals surface area contributed by atoms with Gasteiger partial charge in [0.05, 0.1) is 50.8 Å². The second-order valence-corrected chi connectivity index (χ2v) is 51.3. The van der Waals surface area contributed by atoms with E-state index in [4.69, 9.17) is 74.5 Å². The van der Waals surface area contributed by atoms with Gasteiger partial charge in [-0.3, -0.25) is 38.3 Å². The summed E-state index contributed by atoms with van der Waals surface area (Å²) in [6.07, 6.45) is 7.80. The second kappa shape index (κ2) is 48.5. The first-order chi connectivity index (χ1) is 56.6. The molecule has 4 fully saturated rings. The molecular formula is C84H96Cl4I4N4O16S6V3. The van der Waals surface area contributed by atoms with Gasteiger partial charge < -0.3 is 18.9 Å². The number of fused-ring (bicyclic) bond motifs is 8. The van der Waals surface area contributed by atoms with E-state index in [0.29, 0.717) is 55.2 Å². The Kier molecular flexibility index (Phi) is 42.7. The van der Waals surface area contributed by atoms with Crippen molar-refractivity contribution in [1.82, 2.24) is 19.6 Å². The third-order valence-electron chi connectivity index (χ3n) is 24.4. The first-order valence-corrected chi connectivity index (χ1v) is 61.7. The van der Waals surface area contributed by atoms with Gasteiger partial charge in [-0.2, -0.15) is 16.8 Å². The van der Waals surface area contributed by atoms with Crippen LogP contribution in [0.1, 0.15) is 154 Å². The summed E-state index contributed by atoms with van der Waals surface area (Å²) in [5, 5.41) is 10.8. The number of rotatable bonds is 16. The van der Waals surface area contributed by atoms with Crippen LogP contribution in [0.2, 0.25) is 20.1 Å². The van der Waals surface area contributed by atoms with Gasteiger partial charge >= 0.3 is 73.3 Å². The van der Waals surface area contributed by atoms with Gasteiger partial charge in [-0.05, 0) is 189 Å². The third-order valence-corrected chi connectivity index (χ3v) is 31.6. The number of ketones is 2. The largest absolute Gasteiger partial charge is 0 e. The summed E-state index contributed by atoms with van der Waals surface area (Å²) >= 11 is 41.3. The van der Waals surface area contributed by atoms with Gasteiger partial charge in [0.2, 0.25) is 0 Å². The summed E-state index contributed by atoms with van der Waals surface area (Å²) in [4.78, 5) is 87.1. The molecule has 2 radical (unpaired) electrons. The van der Waals surface area contributed by atoms with Gasteiger partial charge in [0.15, 0.2) is 0 Å². The predicted molar refractivity (Wildman–Crippen MR) is 505 cm³/mol. The molecule has 4 aliphatic carbocycles. The van der Waals surface area contributed by atoms with Crippen molar-refractivity contribution in [3.63, 3.8) is 0 Å². The van der Waals surface area contributed by atoms with E-state index in [1.807, 2.05) is 125 Å². The summed E-state index contributed by atoms with van der Waals surface area (Å²) in [6, 6.07) is 36.6. The summed E-state index contributed by atoms with van der Waals surface area (Å²) in [5.74, 6) is -1.25. The van der Waals surface area contributed by atoms with Gasteiger partial charge in [0, 0.05) is 179 Å². The molecule has 4 aliphatic heterocycles. The number of nitrogens with zero attached hydrogens (tertiary/aromatic N) is 4. The van der Waals surface area contributed by atoms with Crippen LogP contribution < -0.4 is 0 Å². The number of carbonyl (C=O) groups is 6. The van der Waals surface area contributed by atoms with Gasteiger partial charge in [-0.15, -0.1) is 45.3 Å². The number of methoxy groups -OCH3 is 4. The Bertz CT molecular complexity index is 4550. The van der Waals surface area contributed by atoms with Crippen molar-refractivity contribution in [2.45, 2.75) is 142 Å². The Morgan fingerprint density at radius 2 is 0.653 bits per heavy atom. The molecule has 7 unspecified atom stereocenters. The molecule has 0 spiro atoms. The zero-order chi connectivity index (χ0) is 87.0. The van der Waals surface area contributed by atoms with Crippen LogP contribution >= 0.6 is 169 Å². The number of thiophene rings is 4. The Balaban J connectivity index is 0.000000198. The monoisotopic (exact) mass is 2410 g/mol. The molecule has 4 bridgehead atoms. The van der Waals surface area contributed by atoms with Gasteiger partial charge in [0.25, 0.3) is 20.2 Å². The fraction of sp³-hybridized carbons (Fsp3) is 0.452. The molecule has 0 amide bonds. The maximum atomic E-state index is 12.3. The Morgan fingerprint density at radius 3 is 0.826 bits per heavy atom. The molecule has 121 heavy (non-hydrogen) atoms. The molecular weight excluding hydrogens is 2320 g/mol. The number of halogens is 8. The van der Waals surface area contributed by atoms with Crippen LogP contribution in [-0.2, 0) is 166 Å². The summed E-state index contributed by atoms with van der Waals surface area (Å²) in [6.45, 7) is 14.1. The van der Waals surface area contributed by atoms with Crippen LogP contribution in [-0.4, -0.2) is 147 Å². The van der Waals surface area contributed by atoms with Crippen LogP contribution in [0.15, 0.2) is 143 Å². The average Bonchev–Trinajstić information content (AvgIpc) is 1.55. The molecule has 20 nitrogen and oxygen atoms in total. The molecule has 16 rings (SSSR count). The first kappa shape index (κ1) is 106. The maximum absolute atomic E-state index is 12.3. The van der Waals surface area contributed by atoms with E-state index in [-0.39, 0.29) is 95.2 Å². The normalized spacial score (nSPS) is 21.0. The van der Waals surface area contributed by atoms with Crippen LogP contribution in [0, 0.1) is 33.5 Å². The van der Waals surface area contributed by atoms with E-state index in [1.165, 1.54) is 70.2 Å². The fourth-order valence-corrected chi connectivity index (χ4v) is 25.0.